The number of carbonyl (C=O) groups is 3. The van der Waals surface area contributed by atoms with Crippen LogP contribution >= 0.6 is 0 Å². The quantitative estimate of drug-likeness (QED) is 0.677. The highest BCUT2D eigenvalue weighted by Crippen LogP contribution is 2.29. The molecule has 2 fully saturated rings. The molecule has 1 N–H and O–H groups in total. The molecule has 0 radical (unpaired) electrons. The zero-order valence-corrected chi connectivity index (χ0v) is 18.3. The first kappa shape index (κ1) is 21.9. The van der Waals surface area contributed by atoms with Crippen molar-refractivity contribution in [2.45, 2.75) is 32.2 Å². The van der Waals surface area contributed by atoms with Gasteiger partial charge < -0.3 is 19.9 Å². The van der Waals surface area contributed by atoms with Gasteiger partial charge in [0.15, 0.2) is 6.04 Å². The fourth-order valence-electron chi connectivity index (χ4n) is 4.36. The predicted octanol–water partition coefficient (Wildman–Crippen LogP) is 3.06. The van der Waals surface area contributed by atoms with E-state index in [1.165, 1.54) is 12.8 Å². The zero-order chi connectivity index (χ0) is 22.5. The van der Waals surface area contributed by atoms with Crippen LogP contribution < -0.4 is 15.1 Å². The second-order valence-electron chi connectivity index (χ2n) is 8.22. The van der Waals surface area contributed by atoms with Crippen molar-refractivity contribution >= 4 is 29.2 Å². The van der Waals surface area contributed by atoms with E-state index in [4.69, 9.17) is 4.74 Å². The molecule has 4 rings (SSSR count). The van der Waals surface area contributed by atoms with Crippen LogP contribution in [0.4, 0.5) is 11.4 Å². The summed E-state index contributed by atoms with van der Waals surface area (Å²) in [5.74, 6) is -1.45. The van der Waals surface area contributed by atoms with Gasteiger partial charge >= 0.3 is 5.97 Å². The average Bonchev–Trinajstić information content (AvgIpc) is 3.48. The topological polar surface area (TPSA) is 78.9 Å². The third-order valence-electron chi connectivity index (χ3n) is 6.07. The molecule has 2 heterocycles. The summed E-state index contributed by atoms with van der Waals surface area (Å²) in [7, 11) is 0. The molecule has 7 heteroatoms. The van der Waals surface area contributed by atoms with Gasteiger partial charge in [0, 0.05) is 37.4 Å². The predicted molar refractivity (Wildman–Crippen MR) is 122 cm³/mol. The van der Waals surface area contributed by atoms with Crippen LogP contribution in [-0.2, 0) is 19.1 Å². The maximum atomic E-state index is 13.0. The van der Waals surface area contributed by atoms with Crippen LogP contribution in [0.3, 0.4) is 0 Å². The molecule has 2 aromatic carbocycles. The van der Waals surface area contributed by atoms with E-state index in [9.17, 15) is 14.4 Å². The summed E-state index contributed by atoms with van der Waals surface area (Å²) in [6.07, 6.45) is 2.53. The van der Waals surface area contributed by atoms with E-state index in [0.29, 0.717) is 5.56 Å². The van der Waals surface area contributed by atoms with E-state index in [1.54, 1.807) is 36.1 Å². The number of nitrogens with one attached hydrogen (secondary N) is 1. The van der Waals surface area contributed by atoms with Crippen molar-refractivity contribution < 1.29 is 19.1 Å². The Labute approximate surface area is 188 Å². The zero-order valence-electron chi connectivity index (χ0n) is 18.3. The van der Waals surface area contributed by atoms with Crippen LogP contribution in [0, 0.1) is 5.92 Å². The van der Waals surface area contributed by atoms with E-state index in [1.807, 2.05) is 30.3 Å². The summed E-state index contributed by atoms with van der Waals surface area (Å²) < 4.78 is 5.15. The highest BCUT2D eigenvalue weighted by molar-refractivity contribution is 6.01. The molecule has 0 saturated carbocycles. The number of nitrogens with zero attached hydrogens (tertiary/aromatic N) is 2. The fourth-order valence-corrected chi connectivity index (χ4v) is 4.36. The smallest absolute Gasteiger partial charge is 0.333 e. The highest BCUT2D eigenvalue weighted by Gasteiger charge is 2.37. The minimum Gasteiger partial charge on any atom is -0.464 e. The lowest BCUT2D eigenvalue weighted by Gasteiger charge is -2.21. The molecule has 0 bridgehead atoms. The molecule has 0 aromatic heterocycles. The molecular weight excluding hydrogens is 406 g/mol. The minimum absolute atomic E-state index is 0.0912. The maximum absolute atomic E-state index is 13.0. The van der Waals surface area contributed by atoms with Gasteiger partial charge in [-0.2, -0.15) is 0 Å². The maximum Gasteiger partial charge on any atom is 0.333 e. The summed E-state index contributed by atoms with van der Waals surface area (Å²) in [5.41, 5.74) is 2.60. The number of carbonyl (C=O) groups excluding carboxylic acids is 3. The van der Waals surface area contributed by atoms with Crippen molar-refractivity contribution in [2.24, 2.45) is 5.92 Å². The van der Waals surface area contributed by atoms with Gasteiger partial charge in [0.1, 0.15) is 0 Å². The number of hydrogen-bond donors (Lipinski definition) is 1. The Hall–Kier alpha value is -3.35. The summed E-state index contributed by atoms with van der Waals surface area (Å²) in [6, 6.07) is 16.1. The average molecular weight is 436 g/mol. The van der Waals surface area contributed by atoms with Crippen molar-refractivity contribution in [1.82, 2.24) is 5.32 Å². The number of amides is 2. The first-order chi connectivity index (χ1) is 15.6. The summed E-state index contributed by atoms with van der Waals surface area (Å²) >= 11 is 0. The van der Waals surface area contributed by atoms with Crippen molar-refractivity contribution in [3.8, 4) is 0 Å². The van der Waals surface area contributed by atoms with Gasteiger partial charge in [0.05, 0.1) is 12.5 Å². The van der Waals surface area contributed by atoms with E-state index in [0.717, 1.165) is 24.5 Å². The third-order valence-corrected chi connectivity index (χ3v) is 6.07. The van der Waals surface area contributed by atoms with E-state index < -0.39 is 17.9 Å². The van der Waals surface area contributed by atoms with Crippen molar-refractivity contribution in [2.75, 3.05) is 36.0 Å². The number of anilines is 2. The monoisotopic (exact) mass is 435 g/mol. The van der Waals surface area contributed by atoms with Crippen LogP contribution in [0.15, 0.2) is 54.6 Å². The molecule has 2 aliphatic rings. The number of rotatable bonds is 7. The Morgan fingerprint density at radius 1 is 1.03 bits per heavy atom. The number of benzene rings is 2. The molecule has 2 saturated heterocycles. The van der Waals surface area contributed by atoms with Gasteiger partial charge in [0.2, 0.25) is 11.8 Å². The normalized spacial score (nSPS) is 19.2. The van der Waals surface area contributed by atoms with Crippen molar-refractivity contribution in [3.63, 3.8) is 0 Å². The van der Waals surface area contributed by atoms with Crippen molar-refractivity contribution in [1.29, 1.82) is 0 Å². The van der Waals surface area contributed by atoms with Crippen LogP contribution in [0.1, 0.15) is 37.8 Å². The number of ether oxygens (including phenoxy) is 1. The largest absolute Gasteiger partial charge is 0.464 e. The molecular formula is C25H29N3O4. The van der Waals surface area contributed by atoms with Gasteiger partial charge in [-0.1, -0.05) is 30.3 Å². The van der Waals surface area contributed by atoms with Gasteiger partial charge in [-0.15, -0.1) is 0 Å². The lowest BCUT2D eigenvalue weighted by atomic mass is 10.0. The Balaban J connectivity index is 1.43. The molecule has 0 spiro atoms. The SMILES string of the molecule is CCOC(=O)C(NC(=O)C1CC(=O)N(c2ccc(N3CCCC3)cc2)C1)c1ccccc1. The van der Waals surface area contributed by atoms with Gasteiger partial charge in [-0.25, -0.2) is 4.79 Å². The van der Waals surface area contributed by atoms with Crippen LogP contribution in [0.2, 0.25) is 0 Å². The molecule has 7 nitrogen and oxygen atoms in total. The Bertz CT molecular complexity index is 955. The Kier molecular flexibility index (Phi) is 6.73. The van der Waals surface area contributed by atoms with Gasteiger partial charge in [-0.05, 0) is 49.6 Å². The third kappa shape index (κ3) is 4.77. The lowest BCUT2D eigenvalue weighted by molar-refractivity contribution is -0.148. The first-order valence-corrected chi connectivity index (χ1v) is 11.2. The molecule has 2 unspecified atom stereocenters. The van der Waals surface area contributed by atoms with Crippen LogP contribution in [0.5, 0.6) is 0 Å². The van der Waals surface area contributed by atoms with E-state index in [-0.39, 0.29) is 31.4 Å². The second kappa shape index (κ2) is 9.85. The summed E-state index contributed by atoms with van der Waals surface area (Å²) in [4.78, 5) is 42.1. The Morgan fingerprint density at radius 2 is 1.69 bits per heavy atom. The molecule has 168 valence electrons. The fraction of sp³-hybridized carbons (Fsp3) is 0.400. The molecule has 2 aliphatic heterocycles. The standard InChI is InChI=1S/C25H29N3O4/c1-2-32-25(31)23(18-8-4-3-5-9-18)26-24(30)19-16-22(29)28(17-19)21-12-10-20(11-13-21)27-14-6-7-15-27/h3-5,8-13,19,23H,2,6-7,14-17H2,1H3,(H,26,30). The van der Waals surface area contributed by atoms with Crippen LogP contribution in [0.25, 0.3) is 0 Å². The minimum atomic E-state index is -0.896. The Morgan fingerprint density at radius 3 is 2.34 bits per heavy atom. The number of esters is 1. The van der Waals surface area contributed by atoms with Gasteiger partial charge in [-0.3, -0.25) is 9.59 Å². The highest BCUT2D eigenvalue weighted by atomic mass is 16.5. The van der Waals surface area contributed by atoms with Crippen molar-refractivity contribution in [3.05, 3.63) is 60.2 Å². The number of hydrogen-bond acceptors (Lipinski definition) is 5. The van der Waals surface area contributed by atoms with E-state index in [2.05, 4.69) is 10.2 Å². The summed E-state index contributed by atoms with van der Waals surface area (Å²) in [6.45, 7) is 4.37. The lowest BCUT2D eigenvalue weighted by Crippen LogP contribution is -2.39. The molecule has 0 aliphatic carbocycles. The van der Waals surface area contributed by atoms with Crippen LogP contribution in [-0.4, -0.2) is 44.0 Å². The second-order valence-corrected chi connectivity index (χ2v) is 8.22. The molecule has 2 amide bonds. The van der Waals surface area contributed by atoms with Gasteiger partial charge in [0.25, 0.3) is 0 Å². The van der Waals surface area contributed by atoms with E-state index >= 15 is 0 Å². The summed E-state index contributed by atoms with van der Waals surface area (Å²) in [5, 5.41) is 2.80. The molecule has 32 heavy (non-hydrogen) atoms. The molecule has 2 atom stereocenters. The molecule has 2 aromatic rings. The first-order valence-electron chi connectivity index (χ1n) is 11.2.